The molecule has 0 heterocycles. The average Bonchev–Trinajstić information content (AvgIpc) is 2.74. The van der Waals surface area contributed by atoms with Gasteiger partial charge in [0.05, 0.1) is 0 Å². The van der Waals surface area contributed by atoms with Crippen LogP contribution in [0.15, 0.2) is 72.8 Å². The van der Waals surface area contributed by atoms with E-state index in [-0.39, 0.29) is 23.0 Å². The number of phenols is 4. The second-order valence-corrected chi connectivity index (χ2v) is 7.61. The summed E-state index contributed by atoms with van der Waals surface area (Å²) < 4.78 is 0. The third kappa shape index (κ3) is 4.33. The molecule has 4 nitrogen and oxygen atoms in total. The van der Waals surface area contributed by atoms with E-state index in [9.17, 15) is 20.4 Å². The van der Waals surface area contributed by atoms with Crippen molar-refractivity contribution in [2.45, 2.75) is 25.7 Å². The number of aromatic hydroxyl groups is 4. The molecule has 30 heavy (non-hydrogen) atoms. The van der Waals surface area contributed by atoms with E-state index >= 15 is 0 Å². The lowest BCUT2D eigenvalue weighted by molar-refractivity contribution is 0.403. The Bertz CT molecular complexity index is 1200. The zero-order valence-electron chi connectivity index (χ0n) is 16.5. The van der Waals surface area contributed by atoms with E-state index < -0.39 is 0 Å². The molecule has 4 heteroatoms. The van der Waals surface area contributed by atoms with Crippen LogP contribution >= 0.6 is 0 Å². The number of hydrogen-bond donors (Lipinski definition) is 4. The van der Waals surface area contributed by atoms with Gasteiger partial charge in [-0.2, -0.15) is 0 Å². The number of phenolic OH excluding ortho intramolecular Hbond substituents is 4. The number of hydrogen-bond acceptors (Lipinski definition) is 4. The monoisotopic (exact) mass is 400 g/mol. The Hall–Kier alpha value is -3.66. The van der Waals surface area contributed by atoms with Crippen LogP contribution in [0.25, 0.3) is 10.8 Å². The molecule has 152 valence electrons. The Kier molecular flexibility index (Phi) is 5.48. The van der Waals surface area contributed by atoms with E-state index in [0.717, 1.165) is 23.1 Å². The maximum absolute atomic E-state index is 10.3. The van der Waals surface area contributed by atoms with E-state index in [1.54, 1.807) is 6.07 Å². The zero-order valence-corrected chi connectivity index (χ0v) is 16.5. The van der Waals surface area contributed by atoms with Gasteiger partial charge in [0.15, 0.2) is 11.5 Å². The van der Waals surface area contributed by atoms with Crippen LogP contribution in [-0.4, -0.2) is 20.4 Å². The molecule has 0 aliphatic heterocycles. The molecular weight excluding hydrogens is 376 g/mol. The van der Waals surface area contributed by atoms with E-state index in [2.05, 4.69) is 30.3 Å². The Labute approximate surface area is 175 Å². The topological polar surface area (TPSA) is 80.9 Å². The number of fused-ring (bicyclic) bond motifs is 1. The van der Waals surface area contributed by atoms with Crippen LogP contribution in [0, 0.1) is 0 Å². The van der Waals surface area contributed by atoms with Gasteiger partial charge in [-0.3, -0.25) is 0 Å². The molecule has 0 fully saturated rings. The van der Waals surface area contributed by atoms with Crippen molar-refractivity contribution in [1.82, 2.24) is 0 Å². The minimum atomic E-state index is -0.154. The zero-order chi connectivity index (χ0) is 21.1. The molecule has 4 aromatic rings. The van der Waals surface area contributed by atoms with Crippen molar-refractivity contribution in [3.8, 4) is 23.0 Å². The molecule has 0 aromatic heterocycles. The molecule has 0 saturated carbocycles. The summed E-state index contributed by atoms with van der Waals surface area (Å²) in [5.74, 6) is -0.148. The highest BCUT2D eigenvalue weighted by molar-refractivity contribution is 5.83. The summed E-state index contributed by atoms with van der Waals surface area (Å²) in [6.45, 7) is 0. The molecule has 0 aliphatic carbocycles. The van der Waals surface area contributed by atoms with Crippen LogP contribution in [0.5, 0.6) is 23.0 Å². The van der Waals surface area contributed by atoms with Gasteiger partial charge < -0.3 is 20.4 Å². The summed E-state index contributed by atoms with van der Waals surface area (Å²) in [5, 5.41) is 42.0. The minimum Gasteiger partial charge on any atom is -0.508 e. The van der Waals surface area contributed by atoms with E-state index in [1.165, 1.54) is 34.5 Å². The minimum absolute atomic E-state index is 0.0601. The Balaban J connectivity index is 1.48. The Morgan fingerprint density at radius 3 is 1.70 bits per heavy atom. The van der Waals surface area contributed by atoms with Gasteiger partial charge in [-0.1, -0.05) is 48.5 Å². The third-order valence-corrected chi connectivity index (χ3v) is 5.50. The van der Waals surface area contributed by atoms with Crippen molar-refractivity contribution in [2.24, 2.45) is 0 Å². The standard InChI is InChI=1S/C26H24O4/c27-23-12-8-18(14-26(23)30)7-11-22-15-21(24(28)16-25(22)29)10-6-17-5-9-19-3-1-2-4-20(19)13-17/h1-5,8-9,12-16,27-30H,6-7,10-11H2. The first kappa shape index (κ1) is 19.6. The molecule has 0 unspecified atom stereocenters. The lowest BCUT2D eigenvalue weighted by Crippen LogP contribution is -1.97. The summed E-state index contributed by atoms with van der Waals surface area (Å²) in [7, 11) is 0. The summed E-state index contributed by atoms with van der Waals surface area (Å²) in [6, 6.07) is 22.6. The van der Waals surface area contributed by atoms with Crippen LogP contribution in [0.1, 0.15) is 22.3 Å². The van der Waals surface area contributed by atoms with Crippen LogP contribution < -0.4 is 0 Å². The SMILES string of the molecule is Oc1ccc(CCc2cc(CCc3ccc4ccccc4c3)c(O)cc2O)cc1O. The van der Waals surface area contributed by atoms with Crippen molar-refractivity contribution in [2.75, 3.05) is 0 Å². The van der Waals surface area contributed by atoms with Gasteiger partial charge in [0.1, 0.15) is 11.5 Å². The van der Waals surface area contributed by atoms with Crippen molar-refractivity contribution in [3.63, 3.8) is 0 Å². The number of benzene rings is 4. The predicted octanol–water partition coefficient (Wildman–Crippen LogP) is 5.23. The van der Waals surface area contributed by atoms with Gasteiger partial charge >= 0.3 is 0 Å². The molecule has 4 rings (SSSR count). The van der Waals surface area contributed by atoms with Crippen LogP contribution in [0.2, 0.25) is 0 Å². The maximum Gasteiger partial charge on any atom is 0.157 e. The summed E-state index contributed by atoms with van der Waals surface area (Å²) in [5.41, 5.74) is 3.59. The summed E-state index contributed by atoms with van der Waals surface area (Å²) in [4.78, 5) is 0. The molecular formula is C26H24O4. The van der Waals surface area contributed by atoms with Gasteiger partial charge in [-0.15, -0.1) is 0 Å². The quantitative estimate of drug-likeness (QED) is 0.334. The molecule has 4 aromatic carbocycles. The summed E-state index contributed by atoms with van der Waals surface area (Å²) >= 11 is 0. The molecule has 0 atom stereocenters. The van der Waals surface area contributed by atoms with Crippen LogP contribution in [0.4, 0.5) is 0 Å². The number of aryl methyl sites for hydroxylation is 4. The van der Waals surface area contributed by atoms with Crippen LogP contribution in [0.3, 0.4) is 0 Å². The lowest BCUT2D eigenvalue weighted by atomic mass is 9.97. The largest absolute Gasteiger partial charge is 0.508 e. The van der Waals surface area contributed by atoms with Gasteiger partial charge in [0, 0.05) is 6.07 Å². The Morgan fingerprint density at radius 2 is 1.03 bits per heavy atom. The van der Waals surface area contributed by atoms with E-state index in [4.69, 9.17) is 0 Å². The van der Waals surface area contributed by atoms with Gasteiger partial charge in [0.2, 0.25) is 0 Å². The lowest BCUT2D eigenvalue weighted by Gasteiger charge is -2.11. The average molecular weight is 400 g/mol. The normalized spacial score (nSPS) is 11.1. The van der Waals surface area contributed by atoms with Gasteiger partial charge in [-0.05, 0) is 76.9 Å². The highest BCUT2D eigenvalue weighted by Gasteiger charge is 2.10. The van der Waals surface area contributed by atoms with Crippen molar-refractivity contribution >= 4 is 10.8 Å². The number of rotatable bonds is 6. The predicted molar refractivity (Wildman–Crippen MR) is 118 cm³/mol. The molecule has 0 amide bonds. The van der Waals surface area contributed by atoms with Crippen LogP contribution in [-0.2, 0) is 25.7 Å². The fourth-order valence-corrected chi connectivity index (χ4v) is 3.75. The van der Waals surface area contributed by atoms with Crippen molar-refractivity contribution in [1.29, 1.82) is 0 Å². The maximum atomic E-state index is 10.3. The Morgan fingerprint density at radius 1 is 0.433 bits per heavy atom. The third-order valence-electron chi connectivity index (χ3n) is 5.50. The first-order valence-electron chi connectivity index (χ1n) is 10.0. The van der Waals surface area contributed by atoms with Gasteiger partial charge in [0.25, 0.3) is 0 Å². The van der Waals surface area contributed by atoms with Crippen molar-refractivity contribution in [3.05, 3.63) is 95.1 Å². The molecule has 0 aliphatic rings. The highest BCUT2D eigenvalue weighted by atomic mass is 16.3. The van der Waals surface area contributed by atoms with Gasteiger partial charge in [-0.25, -0.2) is 0 Å². The highest BCUT2D eigenvalue weighted by Crippen LogP contribution is 2.31. The fraction of sp³-hybridized carbons (Fsp3) is 0.154. The van der Waals surface area contributed by atoms with E-state index in [1.807, 2.05) is 18.2 Å². The molecule has 4 N–H and O–H groups in total. The second-order valence-electron chi connectivity index (χ2n) is 7.61. The second kappa shape index (κ2) is 8.37. The molecule has 0 bridgehead atoms. The van der Waals surface area contributed by atoms with Crippen molar-refractivity contribution < 1.29 is 20.4 Å². The smallest absolute Gasteiger partial charge is 0.157 e. The molecule has 0 saturated heterocycles. The van der Waals surface area contributed by atoms with E-state index in [0.29, 0.717) is 19.3 Å². The molecule has 0 radical (unpaired) electrons. The first-order chi connectivity index (χ1) is 14.5. The summed E-state index contributed by atoms with van der Waals surface area (Å²) in [6.07, 6.45) is 2.60. The first-order valence-corrected chi connectivity index (χ1v) is 10.0. The fourth-order valence-electron chi connectivity index (χ4n) is 3.75. The molecule has 0 spiro atoms.